The van der Waals surface area contributed by atoms with Crippen LogP contribution < -0.4 is 0 Å². The van der Waals surface area contributed by atoms with Crippen molar-refractivity contribution in [2.75, 3.05) is 32.9 Å². The van der Waals surface area contributed by atoms with Gasteiger partial charge >= 0.3 is 6.09 Å². The third-order valence-electron chi connectivity index (χ3n) is 5.68. The highest BCUT2D eigenvalue weighted by Crippen LogP contribution is 2.50. The molecular weight excluding hydrogens is 334 g/mol. The first-order valence-electron chi connectivity index (χ1n) is 10.2. The molecule has 150 valence electrons. The van der Waals surface area contributed by atoms with Gasteiger partial charge in [0.05, 0.1) is 19.3 Å². The summed E-state index contributed by atoms with van der Waals surface area (Å²) in [6.45, 7) is 9.40. The Kier molecular flexibility index (Phi) is 6.46. The fourth-order valence-corrected chi connectivity index (χ4v) is 4.16. The Morgan fingerprint density at radius 1 is 1.12 bits per heavy atom. The summed E-state index contributed by atoms with van der Waals surface area (Å²) in [5, 5.41) is 0. The predicted molar refractivity (Wildman–Crippen MR) is 98.0 cm³/mol. The lowest BCUT2D eigenvalue weighted by Gasteiger charge is -2.51. The van der Waals surface area contributed by atoms with Crippen LogP contribution in [0.3, 0.4) is 0 Å². The van der Waals surface area contributed by atoms with Crippen molar-refractivity contribution in [1.82, 2.24) is 4.90 Å². The molecule has 6 nitrogen and oxygen atoms in total. The molecule has 2 saturated heterocycles. The highest BCUT2D eigenvalue weighted by atomic mass is 16.7. The monoisotopic (exact) mass is 369 g/mol. The number of piperidine rings is 1. The van der Waals surface area contributed by atoms with Crippen LogP contribution in [0.5, 0.6) is 0 Å². The topological polar surface area (TPSA) is 57.2 Å². The van der Waals surface area contributed by atoms with Crippen LogP contribution >= 0.6 is 0 Å². The summed E-state index contributed by atoms with van der Waals surface area (Å²) in [6, 6.07) is 0. The molecule has 3 rings (SSSR count). The molecule has 1 unspecified atom stereocenters. The molecular formula is C20H35NO5. The summed E-state index contributed by atoms with van der Waals surface area (Å²) >= 11 is 0. The number of likely N-dealkylation sites (tertiary alicyclic amines) is 1. The zero-order valence-electron chi connectivity index (χ0n) is 16.6. The van der Waals surface area contributed by atoms with Crippen molar-refractivity contribution in [1.29, 1.82) is 0 Å². The van der Waals surface area contributed by atoms with Crippen LogP contribution in [-0.4, -0.2) is 61.9 Å². The van der Waals surface area contributed by atoms with Crippen LogP contribution in [0.4, 0.5) is 4.79 Å². The second kappa shape index (κ2) is 8.44. The quantitative estimate of drug-likeness (QED) is 0.691. The van der Waals surface area contributed by atoms with Crippen LogP contribution in [0.2, 0.25) is 0 Å². The number of ether oxygens (including phenoxy) is 4. The number of nitrogens with zero attached hydrogens (tertiary/aromatic N) is 1. The Labute approximate surface area is 157 Å². The molecule has 1 amide bonds. The van der Waals surface area contributed by atoms with Gasteiger partial charge in [0.2, 0.25) is 0 Å². The summed E-state index contributed by atoms with van der Waals surface area (Å²) in [7, 11) is 0. The molecule has 3 aliphatic rings. The minimum atomic E-state index is -0.424. The van der Waals surface area contributed by atoms with Gasteiger partial charge in [-0.1, -0.05) is 0 Å². The fourth-order valence-electron chi connectivity index (χ4n) is 4.16. The van der Waals surface area contributed by atoms with Crippen molar-refractivity contribution in [2.45, 2.75) is 83.7 Å². The molecule has 2 heterocycles. The average molecular weight is 370 g/mol. The van der Waals surface area contributed by atoms with Gasteiger partial charge in [0.25, 0.3) is 0 Å². The SMILES string of the molecule is CC(C)(C)OC(=O)N1CCC2(CC1)CC(OCCOC1CCCCO1)C2. The second-order valence-electron chi connectivity index (χ2n) is 9.04. The lowest BCUT2D eigenvalue weighted by molar-refractivity contribution is -0.179. The molecule has 2 aliphatic heterocycles. The molecule has 1 spiro atoms. The zero-order chi connectivity index (χ0) is 18.6. The summed E-state index contributed by atoms with van der Waals surface area (Å²) in [4.78, 5) is 14.0. The van der Waals surface area contributed by atoms with Crippen molar-refractivity contribution in [3.8, 4) is 0 Å². The van der Waals surface area contributed by atoms with E-state index in [2.05, 4.69) is 0 Å². The third-order valence-corrected chi connectivity index (χ3v) is 5.68. The van der Waals surface area contributed by atoms with Gasteiger partial charge in [-0.2, -0.15) is 0 Å². The molecule has 0 aromatic carbocycles. The van der Waals surface area contributed by atoms with Crippen LogP contribution in [0.25, 0.3) is 0 Å². The van der Waals surface area contributed by atoms with Crippen molar-refractivity contribution >= 4 is 6.09 Å². The number of amides is 1. The van der Waals surface area contributed by atoms with Crippen LogP contribution in [0.15, 0.2) is 0 Å². The number of hydrogen-bond donors (Lipinski definition) is 0. The minimum Gasteiger partial charge on any atom is -0.444 e. The third kappa shape index (κ3) is 5.57. The molecule has 26 heavy (non-hydrogen) atoms. The Morgan fingerprint density at radius 3 is 2.42 bits per heavy atom. The molecule has 0 bridgehead atoms. The van der Waals surface area contributed by atoms with Crippen LogP contribution in [-0.2, 0) is 18.9 Å². The van der Waals surface area contributed by atoms with E-state index in [1.54, 1.807) is 0 Å². The number of hydrogen-bond acceptors (Lipinski definition) is 5. The number of rotatable bonds is 5. The highest BCUT2D eigenvalue weighted by Gasteiger charge is 2.47. The van der Waals surface area contributed by atoms with Gasteiger partial charge in [-0.15, -0.1) is 0 Å². The molecule has 1 saturated carbocycles. The fraction of sp³-hybridized carbons (Fsp3) is 0.950. The Bertz CT molecular complexity index is 453. The van der Waals surface area contributed by atoms with E-state index in [4.69, 9.17) is 18.9 Å². The first kappa shape index (κ1) is 19.9. The Balaban J connectivity index is 1.27. The molecule has 3 fully saturated rings. The normalized spacial score (nSPS) is 26.6. The van der Waals surface area contributed by atoms with Crippen molar-refractivity contribution < 1.29 is 23.7 Å². The first-order valence-corrected chi connectivity index (χ1v) is 10.2. The average Bonchev–Trinajstić information content (AvgIpc) is 2.57. The maximum absolute atomic E-state index is 12.2. The van der Waals surface area contributed by atoms with Crippen molar-refractivity contribution in [3.63, 3.8) is 0 Å². The molecule has 1 atom stereocenters. The van der Waals surface area contributed by atoms with E-state index < -0.39 is 5.60 Å². The smallest absolute Gasteiger partial charge is 0.410 e. The molecule has 0 radical (unpaired) electrons. The number of carbonyl (C=O) groups is 1. The van der Waals surface area contributed by atoms with Gasteiger partial charge in [0, 0.05) is 19.7 Å². The van der Waals surface area contributed by atoms with Gasteiger partial charge in [-0.05, 0) is 71.1 Å². The highest BCUT2D eigenvalue weighted by molar-refractivity contribution is 5.68. The summed E-state index contributed by atoms with van der Waals surface area (Å²) in [6.07, 6.45) is 7.79. The molecule has 1 aliphatic carbocycles. The summed E-state index contributed by atoms with van der Waals surface area (Å²) in [5.41, 5.74) is -0.0527. The van der Waals surface area contributed by atoms with E-state index in [9.17, 15) is 4.79 Å². The zero-order valence-corrected chi connectivity index (χ0v) is 16.6. The Morgan fingerprint density at radius 2 is 1.81 bits per heavy atom. The largest absolute Gasteiger partial charge is 0.444 e. The van der Waals surface area contributed by atoms with E-state index in [0.29, 0.717) is 24.7 Å². The lowest BCUT2D eigenvalue weighted by Crippen LogP contribution is -2.52. The Hall–Kier alpha value is -0.850. The van der Waals surface area contributed by atoms with E-state index in [1.165, 1.54) is 6.42 Å². The van der Waals surface area contributed by atoms with Gasteiger partial charge in [-0.25, -0.2) is 4.79 Å². The van der Waals surface area contributed by atoms with E-state index in [0.717, 1.165) is 58.2 Å². The molecule has 0 aromatic rings. The van der Waals surface area contributed by atoms with Gasteiger partial charge in [0.1, 0.15) is 5.60 Å². The maximum atomic E-state index is 12.2. The maximum Gasteiger partial charge on any atom is 0.410 e. The second-order valence-corrected chi connectivity index (χ2v) is 9.04. The van der Waals surface area contributed by atoms with Crippen LogP contribution in [0.1, 0.15) is 65.7 Å². The summed E-state index contributed by atoms with van der Waals surface area (Å²) in [5.74, 6) is 0. The summed E-state index contributed by atoms with van der Waals surface area (Å²) < 4.78 is 22.7. The standard InChI is InChI=1S/C20H35NO5/c1-19(2,3)26-18(22)21-9-7-20(8-10-21)14-16(15-20)23-12-13-25-17-6-4-5-11-24-17/h16-17H,4-15H2,1-3H3. The van der Waals surface area contributed by atoms with Crippen molar-refractivity contribution in [2.24, 2.45) is 5.41 Å². The van der Waals surface area contributed by atoms with Gasteiger partial charge in [0.15, 0.2) is 6.29 Å². The van der Waals surface area contributed by atoms with Crippen LogP contribution in [0, 0.1) is 5.41 Å². The van der Waals surface area contributed by atoms with E-state index >= 15 is 0 Å². The molecule has 0 N–H and O–H groups in total. The van der Waals surface area contributed by atoms with Gasteiger partial charge in [-0.3, -0.25) is 0 Å². The lowest BCUT2D eigenvalue weighted by atomic mass is 9.61. The van der Waals surface area contributed by atoms with Gasteiger partial charge < -0.3 is 23.8 Å². The van der Waals surface area contributed by atoms with Crippen molar-refractivity contribution in [3.05, 3.63) is 0 Å². The molecule has 6 heteroatoms. The number of carbonyl (C=O) groups excluding carboxylic acids is 1. The first-order chi connectivity index (χ1) is 12.4. The van der Waals surface area contributed by atoms with E-state index in [-0.39, 0.29) is 12.4 Å². The predicted octanol–water partition coefficient (Wildman–Crippen LogP) is 3.73. The minimum absolute atomic E-state index is 0.0303. The molecule has 0 aromatic heterocycles. The van der Waals surface area contributed by atoms with E-state index in [1.807, 2.05) is 25.7 Å².